The largest absolute Gasteiger partial charge is 0.503 e. The maximum Gasteiger partial charge on any atom is 0.296 e. The third-order valence-electron chi connectivity index (χ3n) is 5.83. The first-order valence-electron chi connectivity index (χ1n) is 11.2. The minimum atomic E-state index is -0.991. The number of anilines is 1. The lowest BCUT2D eigenvalue weighted by atomic mass is 9.95. The molecule has 1 unspecified atom stereocenters. The number of aromatic nitrogens is 2. The zero-order valence-electron chi connectivity index (χ0n) is 20.1. The third kappa shape index (κ3) is 4.77. The molecule has 2 aromatic heterocycles. The molecule has 0 fully saturated rings. The fourth-order valence-corrected chi connectivity index (χ4v) is 6.56. The number of amides is 1. The summed E-state index contributed by atoms with van der Waals surface area (Å²) in [6, 6.07) is 13.8. The first-order chi connectivity index (χ1) is 18.4. The van der Waals surface area contributed by atoms with Gasteiger partial charge in [-0.05, 0) is 40.8 Å². The van der Waals surface area contributed by atoms with Gasteiger partial charge in [0.15, 0.2) is 21.6 Å². The van der Waals surface area contributed by atoms with Crippen LogP contribution in [0.15, 0.2) is 75.6 Å². The monoisotopic (exact) mass is 569 g/mol. The van der Waals surface area contributed by atoms with Gasteiger partial charge in [0, 0.05) is 5.75 Å². The summed E-state index contributed by atoms with van der Waals surface area (Å²) in [5.74, 6) is -1.03. The van der Waals surface area contributed by atoms with Crippen LogP contribution in [-0.2, 0) is 10.5 Å². The molecule has 1 N–H and O–H groups in total. The summed E-state index contributed by atoms with van der Waals surface area (Å²) < 4.78 is 25.3. The van der Waals surface area contributed by atoms with Crippen molar-refractivity contribution in [2.75, 3.05) is 19.1 Å². The molecule has 12 heteroatoms. The number of ketones is 1. The second kappa shape index (κ2) is 10.9. The van der Waals surface area contributed by atoms with Crippen LogP contribution in [0.1, 0.15) is 26.8 Å². The van der Waals surface area contributed by atoms with Crippen LogP contribution in [0, 0.1) is 5.82 Å². The lowest BCUT2D eigenvalue weighted by molar-refractivity contribution is -0.117. The fourth-order valence-electron chi connectivity index (χ4n) is 4.03. The van der Waals surface area contributed by atoms with Crippen molar-refractivity contribution in [1.82, 2.24) is 10.2 Å². The molecule has 0 saturated heterocycles. The van der Waals surface area contributed by atoms with Gasteiger partial charge in [-0.15, -0.1) is 21.5 Å². The number of thiophene rings is 1. The van der Waals surface area contributed by atoms with Crippen LogP contribution >= 0.6 is 34.4 Å². The average molecular weight is 570 g/mol. The van der Waals surface area contributed by atoms with E-state index in [0.717, 1.165) is 11.3 Å². The Morgan fingerprint density at radius 2 is 1.89 bits per heavy atom. The Labute approximate surface area is 229 Å². The third-order valence-corrected chi connectivity index (χ3v) is 8.81. The van der Waals surface area contributed by atoms with E-state index >= 15 is 0 Å². The zero-order valence-corrected chi connectivity index (χ0v) is 22.5. The summed E-state index contributed by atoms with van der Waals surface area (Å²) in [6.07, 6.45) is 0. The first-order valence-corrected chi connectivity index (χ1v) is 13.9. The van der Waals surface area contributed by atoms with Crippen LogP contribution < -0.4 is 14.4 Å². The van der Waals surface area contributed by atoms with Gasteiger partial charge < -0.3 is 14.6 Å². The Hall–Kier alpha value is -3.74. The summed E-state index contributed by atoms with van der Waals surface area (Å²) in [6.45, 7) is 0. The highest BCUT2D eigenvalue weighted by atomic mass is 32.2. The van der Waals surface area contributed by atoms with E-state index in [9.17, 15) is 19.1 Å². The number of methoxy groups -OCH3 is 2. The molecular formula is C26H20FN3O5S3. The molecule has 2 aromatic carbocycles. The molecule has 1 aliphatic rings. The number of ether oxygens (including phenoxy) is 2. The molecule has 0 spiro atoms. The Bertz CT molecular complexity index is 1540. The number of thioether (sulfide) groups is 1. The van der Waals surface area contributed by atoms with Crippen LogP contribution in [0.5, 0.6) is 11.5 Å². The number of hydrogen-bond donors (Lipinski definition) is 1. The molecule has 0 bridgehead atoms. The van der Waals surface area contributed by atoms with Crippen LogP contribution in [0.25, 0.3) is 0 Å². The van der Waals surface area contributed by atoms with E-state index in [0.29, 0.717) is 37.6 Å². The molecular weight excluding hydrogens is 550 g/mol. The Balaban J connectivity index is 1.53. The maximum absolute atomic E-state index is 14.0. The second-order valence-electron chi connectivity index (χ2n) is 7.99. The number of Topliss-reactive ketones (excluding diaryl/α,β-unsaturated/α-hetero) is 1. The Kier molecular flexibility index (Phi) is 7.45. The minimum Gasteiger partial charge on any atom is -0.503 e. The van der Waals surface area contributed by atoms with Gasteiger partial charge in [-0.1, -0.05) is 53.4 Å². The quantitative estimate of drug-likeness (QED) is 0.153. The van der Waals surface area contributed by atoms with E-state index in [2.05, 4.69) is 10.2 Å². The molecule has 0 radical (unpaired) electrons. The van der Waals surface area contributed by atoms with Crippen molar-refractivity contribution in [3.05, 3.63) is 93.1 Å². The lowest BCUT2D eigenvalue weighted by Crippen LogP contribution is -2.31. The molecule has 0 aliphatic carbocycles. The number of nitrogens with zero attached hydrogens (tertiary/aromatic N) is 3. The van der Waals surface area contributed by atoms with Gasteiger partial charge in [-0.25, -0.2) is 4.39 Å². The SMILES string of the molecule is COc1ccc(C2C(C(=O)c3cccs3)=C(O)C(=O)N2c2nnc(SCc3ccccc3F)s2)cc1OC. The van der Waals surface area contributed by atoms with Crippen LogP contribution in [0.2, 0.25) is 0 Å². The number of aliphatic hydroxyl groups excluding tert-OH is 1. The number of hydrogen-bond acceptors (Lipinski definition) is 10. The zero-order chi connectivity index (χ0) is 26.8. The highest BCUT2D eigenvalue weighted by molar-refractivity contribution is 8.00. The summed E-state index contributed by atoms with van der Waals surface area (Å²) in [4.78, 5) is 28.5. The van der Waals surface area contributed by atoms with Gasteiger partial charge in [0.05, 0.1) is 30.7 Å². The highest BCUT2D eigenvalue weighted by Gasteiger charge is 2.46. The van der Waals surface area contributed by atoms with Crippen molar-refractivity contribution in [3.8, 4) is 11.5 Å². The van der Waals surface area contributed by atoms with E-state index < -0.39 is 23.5 Å². The summed E-state index contributed by atoms with van der Waals surface area (Å²) in [5.41, 5.74) is 0.953. The number of benzene rings is 2. The smallest absolute Gasteiger partial charge is 0.296 e. The number of halogens is 1. The molecule has 1 amide bonds. The fraction of sp³-hybridized carbons (Fsp3) is 0.154. The number of rotatable bonds is 9. The Morgan fingerprint density at radius 3 is 2.61 bits per heavy atom. The molecule has 1 aliphatic heterocycles. The second-order valence-corrected chi connectivity index (χ2v) is 11.1. The molecule has 0 saturated carbocycles. The number of carbonyl (C=O) groups excluding carboxylic acids is 2. The van der Waals surface area contributed by atoms with E-state index in [1.165, 1.54) is 48.3 Å². The van der Waals surface area contributed by atoms with Gasteiger partial charge in [0.25, 0.3) is 5.91 Å². The van der Waals surface area contributed by atoms with Gasteiger partial charge in [0.1, 0.15) is 5.82 Å². The number of carbonyl (C=O) groups is 2. The van der Waals surface area contributed by atoms with Crippen LogP contribution in [-0.4, -0.2) is 41.2 Å². The van der Waals surface area contributed by atoms with Crippen molar-refractivity contribution >= 4 is 51.3 Å². The van der Waals surface area contributed by atoms with Gasteiger partial charge in [-0.3, -0.25) is 14.5 Å². The topological polar surface area (TPSA) is 102 Å². The van der Waals surface area contributed by atoms with Crippen LogP contribution in [0.3, 0.4) is 0 Å². The Morgan fingerprint density at radius 1 is 1.11 bits per heavy atom. The average Bonchev–Trinajstić information content (AvgIpc) is 3.68. The van der Waals surface area contributed by atoms with Crippen molar-refractivity contribution in [2.24, 2.45) is 0 Å². The molecule has 194 valence electrons. The van der Waals surface area contributed by atoms with Crippen molar-refractivity contribution in [1.29, 1.82) is 0 Å². The van der Waals surface area contributed by atoms with Gasteiger partial charge in [0.2, 0.25) is 10.9 Å². The molecule has 5 rings (SSSR count). The van der Waals surface area contributed by atoms with E-state index in [-0.39, 0.29) is 16.5 Å². The maximum atomic E-state index is 14.0. The normalized spacial score (nSPS) is 15.3. The summed E-state index contributed by atoms with van der Waals surface area (Å²) in [7, 11) is 2.98. The van der Waals surface area contributed by atoms with E-state index in [4.69, 9.17) is 9.47 Å². The van der Waals surface area contributed by atoms with Crippen molar-refractivity contribution < 1.29 is 28.6 Å². The first kappa shape index (κ1) is 25.9. The van der Waals surface area contributed by atoms with Crippen molar-refractivity contribution in [2.45, 2.75) is 16.1 Å². The highest BCUT2D eigenvalue weighted by Crippen LogP contribution is 2.45. The molecule has 4 aromatic rings. The molecule has 8 nitrogen and oxygen atoms in total. The van der Waals surface area contributed by atoms with E-state index in [1.54, 1.807) is 53.9 Å². The van der Waals surface area contributed by atoms with Gasteiger partial charge in [-0.2, -0.15) is 0 Å². The molecule has 3 heterocycles. The minimum absolute atomic E-state index is 0.0690. The number of aliphatic hydroxyl groups is 1. The molecule has 38 heavy (non-hydrogen) atoms. The predicted molar refractivity (Wildman–Crippen MR) is 144 cm³/mol. The predicted octanol–water partition coefficient (Wildman–Crippen LogP) is 5.83. The van der Waals surface area contributed by atoms with E-state index in [1.807, 2.05) is 0 Å². The lowest BCUT2D eigenvalue weighted by Gasteiger charge is -2.24. The van der Waals surface area contributed by atoms with Gasteiger partial charge >= 0.3 is 0 Å². The molecule has 1 atom stereocenters. The summed E-state index contributed by atoms with van der Waals surface area (Å²) in [5, 5.41) is 21.2. The van der Waals surface area contributed by atoms with Crippen molar-refractivity contribution in [3.63, 3.8) is 0 Å². The van der Waals surface area contributed by atoms with Crippen LogP contribution in [0.4, 0.5) is 9.52 Å². The standard InChI is InChI=1S/C26H20FN3O5S3/c1-34-17-10-9-14(12-18(17)35-2)21-20(22(31)19-8-5-11-36-19)23(32)24(33)30(21)25-28-29-26(38-25)37-13-15-6-3-4-7-16(15)27/h3-12,21,32H,13H2,1-2H3. The summed E-state index contributed by atoms with van der Waals surface area (Å²) >= 11 is 3.59.